The Kier molecular flexibility index (Phi) is 3.88. The van der Waals surface area contributed by atoms with Gasteiger partial charge in [0.1, 0.15) is 5.82 Å². The third kappa shape index (κ3) is 2.89. The lowest BCUT2D eigenvalue weighted by molar-refractivity contribution is -0.131. The van der Waals surface area contributed by atoms with Gasteiger partial charge in [-0.2, -0.15) is 0 Å². The molecule has 0 atom stereocenters. The van der Waals surface area contributed by atoms with Crippen LogP contribution in [-0.4, -0.2) is 36.0 Å². The Hall–Kier alpha value is -1.42. The first-order chi connectivity index (χ1) is 11.2. The molecule has 0 spiro atoms. The van der Waals surface area contributed by atoms with Gasteiger partial charge in [-0.05, 0) is 56.2 Å². The quantitative estimate of drug-likeness (QED) is 0.926. The third-order valence-electron chi connectivity index (χ3n) is 5.97. The topological polar surface area (TPSA) is 32.3 Å². The number of halogens is 1. The Morgan fingerprint density at radius 2 is 1.74 bits per heavy atom. The minimum Gasteiger partial charge on any atom is -0.353 e. The maximum absolute atomic E-state index is 13.2. The van der Waals surface area contributed by atoms with E-state index in [1.807, 2.05) is 0 Å². The highest BCUT2D eigenvalue weighted by Gasteiger charge is 2.46. The molecular formula is C19H25FN2O. The second-order valence-corrected chi connectivity index (χ2v) is 7.46. The van der Waals surface area contributed by atoms with Crippen LogP contribution < -0.4 is 5.32 Å². The van der Waals surface area contributed by atoms with Crippen molar-refractivity contribution in [2.75, 3.05) is 13.1 Å². The number of nitrogens with zero attached hydrogens (tertiary/aromatic N) is 1. The van der Waals surface area contributed by atoms with E-state index in [0.717, 1.165) is 56.8 Å². The second-order valence-electron chi connectivity index (χ2n) is 7.46. The van der Waals surface area contributed by atoms with Crippen LogP contribution in [0, 0.1) is 5.82 Å². The zero-order valence-electron chi connectivity index (χ0n) is 13.6. The number of carbonyl (C=O) groups is 1. The van der Waals surface area contributed by atoms with Crippen LogP contribution in [0.5, 0.6) is 0 Å². The Morgan fingerprint density at radius 1 is 1.09 bits per heavy atom. The number of rotatable bonds is 4. The molecule has 1 aromatic rings. The standard InChI is InChI=1S/C19H25FN2O/c20-15-4-2-14(3-5-15)19(10-1-11-19)18(23)21-16-8-12-22(13-9-16)17-6-7-17/h2-5,16-17H,1,6-13H2,(H,21,23). The molecule has 124 valence electrons. The molecule has 0 bridgehead atoms. The van der Waals surface area contributed by atoms with E-state index in [2.05, 4.69) is 10.2 Å². The fourth-order valence-electron chi connectivity index (χ4n) is 4.12. The van der Waals surface area contributed by atoms with Crippen molar-refractivity contribution in [2.45, 2.75) is 62.4 Å². The van der Waals surface area contributed by atoms with Gasteiger partial charge >= 0.3 is 0 Å². The molecule has 3 fully saturated rings. The van der Waals surface area contributed by atoms with Gasteiger partial charge in [-0.25, -0.2) is 4.39 Å². The smallest absolute Gasteiger partial charge is 0.230 e. The third-order valence-corrected chi connectivity index (χ3v) is 5.97. The summed E-state index contributed by atoms with van der Waals surface area (Å²) in [6, 6.07) is 7.63. The van der Waals surface area contributed by atoms with Crippen LogP contribution in [0.25, 0.3) is 0 Å². The molecule has 0 radical (unpaired) electrons. The van der Waals surface area contributed by atoms with Crippen molar-refractivity contribution in [3.8, 4) is 0 Å². The van der Waals surface area contributed by atoms with Crippen LogP contribution in [0.3, 0.4) is 0 Å². The molecule has 2 saturated carbocycles. The summed E-state index contributed by atoms with van der Waals surface area (Å²) >= 11 is 0. The number of nitrogens with one attached hydrogen (secondary N) is 1. The van der Waals surface area contributed by atoms with E-state index in [4.69, 9.17) is 0 Å². The minimum atomic E-state index is -0.415. The van der Waals surface area contributed by atoms with E-state index in [9.17, 15) is 9.18 Å². The molecule has 1 N–H and O–H groups in total. The number of carbonyl (C=O) groups excluding carboxylic acids is 1. The van der Waals surface area contributed by atoms with Crippen molar-refractivity contribution >= 4 is 5.91 Å². The van der Waals surface area contributed by atoms with E-state index in [-0.39, 0.29) is 11.7 Å². The van der Waals surface area contributed by atoms with Gasteiger partial charge < -0.3 is 10.2 Å². The number of hydrogen-bond donors (Lipinski definition) is 1. The molecule has 4 rings (SSSR count). The summed E-state index contributed by atoms with van der Waals surface area (Å²) in [7, 11) is 0. The molecule has 3 aliphatic rings. The molecule has 1 aliphatic heterocycles. The first-order valence-corrected chi connectivity index (χ1v) is 8.98. The Labute approximate surface area is 137 Å². The largest absolute Gasteiger partial charge is 0.353 e. The van der Waals surface area contributed by atoms with Gasteiger partial charge in [0, 0.05) is 25.2 Å². The highest BCUT2D eigenvalue weighted by Crippen LogP contribution is 2.44. The predicted octanol–water partition coefficient (Wildman–Crippen LogP) is 2.99. The molecule has 23 heavy (non-hydrogen) atoms. The number of likely N-dealkylation sites (tertiary alicyclic amines) is 1. The number of hydrogen-bond acceptors (Lipinski definition) is 2. The van der Waals surface area contributed by atoms with Gasteiger partial charge in [-0.3, -0.25) is 4.79 Å². The molecule has 1 aromatic carbocycles. The van der Waals surface area contributed by atoms with Gasteiger partial charge in [0.15, 0.2) is 0 Å². The summed E-state index contributed by atoms with van der Waals surface area (Å²) in [4.78, 5) is 15.5. The SMILES string of the molecule is O=C(NC1CCN(C2CC2)CC1)C1(c2ccc(F)cc2)CCC1. The summed E-state index contributed by atoms with van der Waals surface area (Å²) in [5.74, 6) is -0.0868. The Morgan fingerprint density at radius 3 is 2.26 bits per heavy atom. The summed E-state index contributed by atoms with van der Waals surface area (Å²) < 4.78 is 13.2. The molecule has 1 amide bonds. The maximum atomic E-state index is 13.2. The Balaban J connectivity index is 1.40. The van der Waals surface area contributed by atoms with Crippen molar-refractivity contribution in [1.82, 2.24) is 10.2 Å². The lowest BCUT2D eigenvalue weighted by Crippen LogP contribution is -2.54. The molecule has 0 unspecified atom stereocenters. The average Bonchev–Trinajstić information content (AvgIpc) is 3.34. The Bertz CT molecular complexity index is 570. The van der Waals surface area contributed by atoms with E-state index in [0.29, 0.717) is 6.04 Å². The van der Waals surface area contributed by atoms with Crippen molar-refractivity contribution < 1.29 is 9.18 Å². The fourth-order valence-corrected chi connectivity index (χ4v) is 4.12. The highest BCUT2D eigenvalue weighted by atomic mass is 19.1. The highest BCUT2D eigenvalue weighted by molar-refractivity contribution is 5.89. The lowest BCUT2D eigenvalue weighted by Gasteiger charge is -2.42. The van der Waals surface area contributed by atoms with E-state index >= 15 is 0 Å². The van der Waals surface area contributed by atoms with E-state index < -0.39 is 5.41 Å². The van der Waals surface area contributed by atoms with Crippen LogP contribution in [0.15, 0.2) is 24.3 Å². The zero-order valence-corrected chi connectivity index (χ0v) is 13.6. The van der Waals surface area contributed by atoms with Gasteiger partial charge in [0.05, 0.1) is 5.41 Å². The van der Waals surface area contributed by atoms with Crippen LogP contribution in [0.4, 0.5) is 4.39 Å². The van der Waals surface area contributed by atoms with Gasteiger partial charge in [0.25, 0.3) is 0 Å². The molecule has 2 aliphatic carbocycles. The number of amides is 1. The maximum Gasteiger partial charge on any atom is 0.230 e. The molecular weight excluding hydrogens is 291 g/mol. The van der Waals surface area contributed by atoms with Crippen molar-refractivity contribution in [1.29, 1.82) is 0 Å². The molecule has 3 nitrogen and oxygen atoms in total. The minimum absolute atomic E-state index is 0.153. The first-order valence-electron chi connectivity index (χ1n) is 8.98. The van der Waals surface area contributed by atoms with Gasteiger partial charge in [0.2, 0.25) is 5.91 Å². The molecule has 1 saturated heterocycles. The van der Waals surface area contributed by atoms with Crippen LogP contribution in [0.1, 0.15) is 50.5 Å². The molecule has 0 aromatic heterocycles. The van der Waals surface area contributed by atoms with Crippen LogP contribution in [-0.2, 0) is 10.2 Å². The average molecular weight is 316 g/mol. The van der Waals surface area contributed by atoms with Crippen molar-refractivity contribution in [3.05, 3.63) is 35.6 Å². The van der Waals surface area contributed by atoms with Crippen molar-refractivity contribution in [3.63, 3.8) is 0 Å². The first kappa shape index (κ1) is 15.1. The van der Waals surface area contributed by atoms with E-state index in [1.54, 1.807) is 12.1 Å². The number of benzene rings is 1. The monoisotopic (exact) mass is 316 g/mol. The molecule has 1 heterocycles. The fraction of sp³-hybridized carbons (Fsp3) is 0.632. The zero-order chi connectivity index (χ0) is 15.9. The predicted molar refractivity (Wildman–Crippen MR) is 87.7 cm³/mol. The van der Waals surface area contributed by atoms with E-state index in [1.165, 1.54) is 25.0 Å². The summed E-state index contributed by atoms with van der Waals surface area (Å²) in [5.41, 5.74) is 0.555. The second kappa shape index (κ2) is 5.90. The van der Waals surface area contributed by atoms with Crippen molar-refractivity contribution in [2.24, 2.45) is 0 Å². The van der Waals surface area contributed by atoms with Gasteiger partial charge in [-0.1, -0.05) is 18.6 Å². The summed E-state index contributed by atoms with van der Waals surface area (Å²) in [6.45, 7) is 2.22. The van der Waals surface area contributed by atoms with Crippen LogP contribution >= 0.6 is 0 Å². The summed E-state index contributed by atoms with van der Waals surface area (Å²) in [5, 5.41) is 3.30. The number of piperidine rings is 1. The summed E-state index contributed by atoms with van der Waals surface area (Å²) in [6.07, 6.45) is 7.65. The lowest BCUT2D eigenvalue weighted by atomic mass is 9.63. The van der Waals surface area contributed by atoms with Gasteiger partial charge in [-0.15, -0.1) is 0 Å². The van der Waals surface area contributed by atoms with Crippen LogP contribution in [0.2, 0.25) is 0 Å². The molecule has 4 heteroatoms. The normalized spacial score (nSPS) is 24.9.